The minimum Gasteiger partial charge on any atom is -0.394 e. The molecule has 10 heteroatoms. The number of anilines is 1. The third-order valence-corrected chi connectivity index (χ3v) is 3.79. The molecule has 1 saturated heterocycles. The quantitative estimate of drug-likeness (QED) is 0.399. The van der Waals surface area contributed by atoms with Crippen molar-refractivity contribution in [3.05, 3.63) is 18.2 Å². The number of nitrogen functional groups attached to an aromatic ring is 1. The number of fused-ring (bicyclic) bond motifs is 1. The molecule has 1 aliphatic heterocycles. The molecule has 21 heavy (non-hydrogen) atoms. The summed E-state index contributed by atoms with van der Waals surface area (Å²) in [6.07, 6.45) is -0.297. The van der Waals surface area contributed by atoms with E-state index < -0.39 is 30.2 Å². The Morgan fingerprint density at radius 1 is 1.43 bits per heavy atom. The molecule has 0 radical (unpaired) electrons. The number of nitrogens with zero attached hydrogens (tertiary/aromatic N) is 4. The van der Waals surface area contributed by atoms with Gasteiger partial charge in [-0.25, -0.2) is 14.5 Å². The standard InChI is InChI=1S/C11H15N5O5/c1-10(19)7(18)5(3-17)21-11(10,20)6-2-13-9-8(12)14-4-15-16(6)9/h2,4-5,7,17-20H,3H2,1H3,(H2,12,14,15)/t5-,7-,10-,11?/m1/s1. The van der Waals surface area contributed by atoms with Gasteiger partial charge in [-0.3, -0.25) is 0 Å². The first-order valence-electron chi connectivity index (χ1n) is 6.19. The molecule has 1 fully saturated rings. The van der Waals surface area contributed by atoms with E-state index in [1.165, 1.54) is 13.1 Å². The van der Waals surface area contributed by atoms with Gasteiger partial charge in [0.25, 0.3) is 0 Å². The normalized spacial score (nSPS) is 36.4. The van der Waals surface area contributed by atoms with E-state index in [1.54, 1.807) is 0 Å². The molecule has 0 bridgehead atoms. The van der Waals surface area contributed by atoms with Gasteiger partial charge in [0, 0.05) is 0 Å². The average Bonchev–Trinajstić information content (AvgIpc) is 2.95. The lowest BCUT2D eigenvalue weighted by atomic mass is 9.88. The second-order valence-corrected chi connectivity index (χ2v) is 5.10. The smallest absolute Gasteiger partial charge is 0.244 e. The van der Waals surface area contributed by atoms with Crippen LogP contribution in [0.3, 0.4) is 0 Å². The maximum atomic E-state index is 10.7. The van der Waals surface area contributed by atoms with Crippen molar-refractivity contribution in [3.8, 4) is 0 Å². The van der Waals surface area contributed by atoms with E-state index in [2.05, 4.69) is 15.1 Å². The zero-order chi connectivity index (χ0) is 15.4. The molecule has 3 heterocycles. The van der Waals surface area contributed by atoms with Gasteiger partial charge in [-0.2, -0.15) is 5.10 Å². The number of ether oxygens (including phenoxy) is 1. The topological polar surface area (TPSA) is 159 Å². The molecule has 10 nitrogen and oxygen atoms in total. The summed E-state index contributed by atoms with van der Waals surface area (Å²) in [6, 6.07) is 0. The molecule has 6 N–H and O–H groups in total. The molecule has 0 aromatic carbocycles. The summed E-state index contributed by atoms with van der Waals surface area (Å²) < 4.78 is 6.42. The van der Waals surface area contributed by atoms with Crippen molar-refractivity contribution in [2.24, 2.45) is 0 Å². The molecule has 3 rings (SSSR count). The van der Waals surface area contributed by atoms with Crippen molar-refractivity contribution in [2.75, 3.05) is 12.3 Å². The Bertz CT molecular complexity index is 689. The van der Waals surface area contributed by atoms with E-state index in [9.17, 15) is 20.4 Å². The lowest BCUT2D eigenvalue weighted by molar-refractivity contribution is -0.276. The van der Waals surface area contributed by atoms with Crippen molar-refractivity contribution in [1.29, 1.82) is 0 Å². The summed E-state index contributed by atoms with van der Waals surface area (Å²) >= 11 is 0. The van der Waals surface area contributed by atoms with Crippen molar-refractivity contribution in [3.63, 3.8) is 0 Å². The van der Waals surface area contributed by atoms with Gasteiger partial charge in [0.1, 0.15) is 29.8 Å². The van der Waals surface area contributed by atoms with Gasteiger partial charge in [-0.1, -0.05) is 0 Å². The van der Waals surface area contributed by atoms with Crippen LogP contribution in [0.25, 0.3) is 5.65 Å². The maximum Gasteiger partial charge on any atom is 0.244 e. The number of rotatable bonds is 2. The fourth-order valence-corrected chi connectivity index (χ4v) is 2.49. The van der Waals surface area contributed by atoms with E-state index >= 15 is 0 Å². The molecule has 0 amide bonds. The van der Waals surface area contributed by atoms with Crippen LogP contribution in [0.5, 0.6) is 0 Å². The van der Waals surface area contributed by atoms with Crippen LogP contribution in [0.4, 0.5) is 5.82 Å². The maximum absolute atomic E-state index is 10.7. The van der Waals surface area contributed by atoms with Gasteiger partial charge in [0.05, 0.1) is 12.8 Å². The number of imidazole rings is 1. The fraction of sp³-hybridized carbons (Fsp3) is 0.545. The van der Waals surface area contributed by atoms with E-state index in [-0.39, 0.29) is 17.2 Å². The van der Waals surface area contributed by atoms with Crippen LogP contribution in [0, 0.1) is 0 Å². The number of aromatic nitrogens is 4. The highest BCUT2D eigenvalue weighted by Gasteiger charge is 2.64. The van der Waals surface area contributed by atoms with Crippen LogP contribution in [0.2, 0.25) is 0 Å². The molecule has 0 spiro atoms. The van der Waals surface area contributed by atoms with E-state index in [1.807, 2.05) is 0 Å². The van der Waals surface area contributed by atoms with Gasteiger partial charge < -0.3 is 30.9 Å². The minimum absolute atomic E-state index is 0.0356. The molecule has 2 aromatic heterocycles. The van der Waals surface area contributed by atoms with Crippen LogP contribution in [-0.2, 0) is 10.5 Å². The molecule has 114 valence electrons. The number of aliphatic hydroxyl groups is 4. The summed E-state index contributed by atoms with van der Waals surface area (Å²) in [7, 11) is 0. The Balaban J connectivity index is 2.19. The minimum atomic E-state index is -2.32. The number of hydrogen-bond acceptors (Lipinski definition) is 9. The Morgan fingerprint density at radius 2 is 2.14 bits per heavy atom. The van der Waals surface area contributed by atoms with Crippen molar-refractivity contribution in [2.45, 2.75) is 30.5 Å². The fourth-order valence-electron chi connectivity index (χ4n) is 2.49. The van der Waals surface area contributed by atoms with Crippen molar-refractivity contribution in [1.82, 2.24) is 19.6 Å². The van der Waals surface area contributed by atoms with Gasteiger partial charge in [-0.15, -0.1) is 0 Å². The first-order chi connectivity index (χ1) is 9.83. The summed E-state index contributed by atoms with van der Waals surface area (Å²) in [5.74, 6) is -2.24. The van der Waals surface area contributed by atoms with Gasteiger partial charge >= 0.3 is 0 Å². The highest BCUT2D eigenvalue weighted by atomic mass is 16.7. The zero-order valence-electron chi connectivity index (χ0n) is 11.1. The van der Waals surface area contributed by atoms with Gasteiger partial charge in [-0.05, 0) is 6.92 Å². The predicted octanol–water partition coefficient (Wildman–Crippen LogP) is -2.65. The molecule has 4 atom stereocenters. The van der Waals surface area contributed by atoms with Crippen molar-refractivity contribution < 1.29 is 25.2 Å². The predicted molar refractivity (Wildman–Crippen MR) is 67.7 cm³/mol. The molecule has 0 saturated carbocycles. The first kappa shape index (κ1) is 14.1. The Morgan fingerprint density at radius 3 is 2.76 bits per heavy atom. The third kappa shape index (κ3) is 1.68. The lowest BCUT2D eigenvalue weighted by Crippen LogP contribution is -2.53. The molecule has 2 aromatic rings. The van der Waals surface area contributed by atoms with Crippen LogP contribution in [0.1, 0.15) is 12.6 Å². The molecule has 0 aliphatic carbocycles. The largest absolute Gasteiger partial charge is 0.394 e. The van der Waals surface area contributed by atoms with Crippen molar-refractivity contribution >= 4 is 11.5 Å². The zero-order valence-corrected chi connectivity index (χ0v) is 11.1. The summed E-state index contributed by atoms with van der Waals surface area (Å²) in [5, 5.41) is 44.2. The van der Waals surface area contributed by atoms with E-state index in [0.29, 0.717) is 0 Å². The lowest BCUT2D eigenvalue weighted by Gasteiger charge is -2.33. The Labute approximate surface area is 118 Å². The number of hydrogen-bond donors (Lipinski definition) is 5. The summed E-state index contributed by atoms with van der Waals surface area (Å²) in [5.41, 5.74) is 3.70. The molecular weight excluding hydrogens is 282 g/mol. The monoisotopic (exact) mass is 297 g/mol. The highest BCUT2D eigenvalue weighted by Crippen LogP contribution is 2.45. The molecule has 1 unspecified atom stereocenters. The first-order valence-corrected chi connectivity index (χ1v) is 6.19. The second-order valence-electron chi connectivity index (χ2n) is 5.10. The van der Waals surface area contributed by atoms with Crippen LogP contribution in [0.15, 0.2) is 12.5 Å². The molecular formula is C11H15N5O5. The Kier molecular flexibility index (Phi) is 2.90. The highest BCUT2D eigenvalue weighted by molar-refractivity contribution is 5.59. The second kappa shape index (κ2) is 4.32. The number of nitrogens with two attached hydrogens (primary N) is 1. The summed E-state index contributed by atoms with van der Waals surface area (Å²) in [4.78, 5) is 7.73. The van der Waals surface area contributed by atoms with E-state index in [4.69, 9.17) is 10.5 Å². The Hall–Kier alpha value is -1.85. The number of aliphatic hydroxyl groups excluding tert-OH is 2. The summed E-state index contributed by atoms with van der Waals surface area (Å²) in [6.45, 7) is 0.616. The molecule has 1 aliphatic rings. The SMILES string of the molecule is C[C@@]1(O)[C@H](O)[C@@H](CO)OC1(O)c1cnc2c(N)ncnn12. The van der Waals surface area contributed by atoms with Gasteiger partial charge in [0.15, 0.2) is 11.5 Å². The van der Waals surface area contributed by atoms with Crippen LogP contribution in [-0.4, -0.2) is 64.4 Å². The van der Waals surface area contributed by atoms with Gasteiger partial charge in [0.2, 0.25) is 5.79 Å². The average molecular weight is 297 g/mol. The van der Waals surface area contributed by atoms with Crippen LogP contribution >= 0.6 is 0 Å². The van der Waals surface area contributed by atoms with E-state index in [0.717, 1.165) is 10.8 Å². The third-order valence-electron chi connectivity index (χ3n) is 3.79. The van der Waals surface area contributed by atoms with Crippen LogP contribution < -0.4 is 5.73 Å².